The molecule has 0 aromatic carbocycles. The Morgan fingerprint density at radius 3 is 2.53 bits per heavy atom. The van der Waals surface area contributed by atoms with Crippen molar-refractivity contribution in [2.24, 2.45) is 0 Å². The summed E-state index contributed by atoms with van der Waals surface area (Å²) in [6, 6.07) is 2.93. The molecule has 0 heterocycles. The molecule has 1 fully saturated rings. The van der Waals surface area contributed by atoms with Gasteiger partial charge in [0.05, 0.1) is 18.7 Å². The monoisotopic (exact) mass is 269 g/mol. The number of rotatable bonds is 12. The topological polar surface area (TPSA) is 57.5 Å². The van der Waals surface area contributed by atoms with Gasteiger partial charge in [-0.3, -0.25) is 5.32 Å². The molecule has 1 saturated carbocycles. The van der Waals surface area contributed by atoms with Crippen molar-refractivity contribution in [3.63, 3.8) is 0 Å². The van der Waals surface area contributed by atoms with Crippen LogP contribution in [0.2, 0.25) is 0 Å². The number of nitrogens with zero attached hydrogens (tertiary/aromatic N) is 2. The highest BCUT2D eigenvalue weighted by molar-refractivity contribution is 4.96. The Labute approximate surface area is 116 Å². The summed E-state index contributed by atoms with van der Waals surface area (Å²) < 4.78 is 10.2. The maximum atomic E-state index is 9.13. The van der Waals surface area contributed by atoms with Crippen LogP contribution < -0.4 is 5.32 Å². The molecule has 0 bridgehead atoms. The molecule has 0 amide bonds. The number of nitriles is 1. The molecule has 5 heteroatoms. The number of hydrogen-bond donors (Lipinski definition) is 1. The first kappa shape index (κ1) is 16.4. The summed E-state index contributed by atoms with van der Waals surface area (Å²) in [7, 11) is 3.45. The molecule has 5 nitrogen and oxygen atoms in total. The quantitative estimate of drug-likeness (QED) is 0.536. The van der Waals surface area contributed by atoms with E-state index in [2.05, 4.69) is 16.3 Å². The molecule has 1 unspecified atom stereocenters. The van der Waals surface area contributed by atoms with Crippen LogP contribution in [0.25, 0.3) is 0 Å². The van der Waals surface area contributed by atoms with Crippen LogP contribution in [0.1, 0.15) is 25.7 Å². The van der Waals surface area contributed by atoms with E-state index in [0.29, 0.717) is 6.04 Å². The lowest BCUT2D eigenvalue weighted by Crippen LogP contribution is -2.36. The van der Waals surface area contributed by atoms with Gasteiger partial charge in [-0.15, -0.1) is 0 Å². The second kappa shape index (κ2) is 10.2. The molecule has 0 saturated heterocycles. The Bertz CT molecular complexity index is 264. The van der Waals surface area contributed by atoms with Crippen LogP contribution in [0.15, 0.2) is 0 Å². The lowest BCUT2D eigenvalue weighted by molar-refractivity contribution is 0.131. The molecule has 19 heavy (non-hydrogen) atoms. The summed E-state index contributed by atoms with van der Waals surface area (Å²) in [5.41, 5.74) is 0. The fraction of sp³-hybridized carbons (Fsp3) is 0.929. The summed E-state index contributed by atoms with van der Waals surface area (Å²) in [4.78, 5) is 2.35. The lowest BCUT2D eigenvalue weighted by atomic mass is 10.2. The summed E-state index contributed by atoms with van der Waals surface area (Å²) in [6.07, 6.45) is 4.34. The highest BCUT2D eigenvalue weighted by atomic mass is 16.5. The first-order valence-corrected chi connectivity index (χ1v) is 7.16. The van der Waals surface area contributed by atoms with E-state index in [9.17, 15) is 0 Å². The third-order valence-electron chi connectivity index (χ3n) is 3.34. The van der Waals surface area contributed by atoms with E-state index < -0.39 is 0 Å². The second-order valence-electron chi connectivity index (χ2n) is 5.09. The normalized spacial score (nSPS) is 16.5. The maximum absolute atomic E-state index is 9.13. The van der Waals surface area contributed by atoms with Crippen molar-refractivity contribution in [2.45, 2.75) is 37.8 Å². The van der Waals surface area contributed by atoms with Gasteiger partial charge in [0.1, 0.15) is 0 Å². The Morgan fingerprint density at radius 2 is 1.95 bits per heavy atom. The minimum Gasteiger partial charge on any atom is -0.385 e. The van der Waals surface area contributed by atoms with Gasteiger partial charge in [-0.2, -0.15) is 5.26 Å². The van der Waals surface area contributed by atoms with Crippen LogP contribution in [-0.2, 0) is 9.47 Å². The largest absolute Gasteiger partial charge is 0.385 e. The van der Waals surface area contributed by atoms with E-state index in [0.717, 1.165) is 45.7 Å². The molecule has 1 N–H and O–H groups in total. The minimum atomic E-state index is -0.0139. The van der Waals surface area contributed by atoms with Gasteiger partial charge in [0.2, 0.25) is 0 Å². The van der Waals surface area contributed by atoms with E-state index in [4.69, 9.17) is 14.7 Å². The van der Waals surface area contributed by atoms with Crippen molar-refractivity contribution >= 4 is 0 Å². The SMILES string of the molecule is COCCCN(CCOC)CCC(C#N)NC1CC1. The molecule has 1 aliphatic carbocycles. The predicted octanol–water partition coefficient (Wildman–Crippen LogP) is 1.01. The van der Waals surface area contributed by atoms with E-state index >= 15 is 0 Å². The van der Waals surface area contributed by atoms with Gasteiger partial charge in [0.25, 0.3) is 0 Å². The van der Waals surface area contributed by atoms with Crippen LogP contribution in [0.4, 0.5) is 0 Å². The molecular weight excluding hydrogens is 242 g/mol. The van der Waals surface area contributed by atoms with Crippen molar-refractivity contribution in [3.8, 4) is 6.07 Å². The van der Waals surface area contributed by atoms with Gasteiger partial charge >= 0.3 is 0 Å². The molecule has 1 aliphatic rings. The summed E-state index contributed by atoms with van der Waals surface area (Å²) >= 11 is 0. The highest BCUT2D eigenvalue weighted by Gasteiger charge is 2.24. The molecule has 1 rings (SSSR count). The van der Waals surface area contributed by atoms with Gasteiger partial charge in [-0.25, -0.2) is 0 Å². The highest BCUT2D eigenvalue weighted by Crippen LogP contribution is 2.19. The average molecular weight is 269 g/mol. The van der Waals surface area contributed by atoms with Crippen LogP contribution in [0.3, 0.4) is 0 Å². The van der Waals surface area contributed by atoms with Crippen LogP contribution in [-0.4, -0.2) is 64.1 Å². The summed E-state index contributed by atoms with van der Waals surface area (Å²) in [6.45, 7) is 4.37. The zero-order chi connectivity index (χ0) is 13.9. The van der Waals surface area contributed by atoms with Crippen LogP contribution in [0, 0.1) is 11.3 Å². The number of hydrogen-bond acceptors (Lipinski definition) is 5. The minimum absolute atomic E-state index is 0.0139. The van der Waals surface area contributed by atoms with Gasteiger partial charge in [-0.05, 0) is 25.7 Å². The second-order valence-corrected chi connectivity index (χ2v) is 5.09. The fourth-order valence-corrected chi connectivity index (χ4v) is 2.02. The Morgan fingerprint density at radius 1 is 1.21 bits per heavy atom. The molecule has 0 spiro atoms. The third kappa shape index (κ3) is 8.17. The Balaban J connectivity index is 2.21. The third-order valence-corrected chi connectivity index (χ3v) is 3.34. The standard InChI is InChI=1S/C14H27N3O2/c1-18-10-3-7-17(9-11-19-2)8-6-14(12-15)16-13-4-5-13/h13-14,16H,3-11H2,1-2H3. The zero-order valence-corrected chi connectivity index (χ0v) is 12.2. The van der Waals surface area contributed by atoms with Gasteiger partial charge in [0, 0.05) is 46.5 Å². The van der Waals surface area contributed by atoms with E-state index in [1.807, 2.05) is 0 Å². The van der Waals surface area contributed by atoms with E-state index in [1.165, 1.54) is 12.8 Å². The molecule has 1 atom stereocenters. The molecule has 110 valence electrons. The summed E-state index contributed by atoms with van der Waals surface area (Å²) in [5, 5.41) is 12.5. The van der Waals surface area contributed by atoms with Crippen molar-refractivity contribution in [1.82, 2.24) is 10.2 Å². The van der Waals surface area contributed by atoms with E-state index in [-0.39, 0.29) is 6.04 Å². The molecule has 0 radical (unpaired) electrons. The van der Waals surface area contributed by atoms with Crippen LogP contribution >= 0.6 is 0 Å². The van der Waals surface area contributed by atoms with Gasteiger partial charge in [0.15, 0.2) is 0 Å². The Kier molecular flexibility index (Phi) is 8.76. The number of ether oxygens (including phenoxy) is 2. The Hall–Kier alpha value is -0.670. The fourth-order valence-electron chi connectivity index (χ4n) is 2.02. The van der Waals surface area contributed by atoms with Crippen molar-refractivity contribution in [2.75, 3.05) is 47.1 Å². The van der Waals surface area contributed by atoms with Crippen molar-refractivity contribution in [3.05, 3.63) is 0 Å². The van der Waals surface area contributed by atoms with Crippen LogP contribution in [0.5, 0.6) is 0 Å². The molecule has 0 aromatic rings. The number of nitrogens with one attached hydrogen (secondary N) is 1. The first-order chi connectivity index (χ1) is 9.30. The lowest BCUT2D eigenvalue weighted by Gasteiger charge is -2.23. The average Bonchev–Trinajstić information content (AvgIpc) is 3.23. The predicted molar refractivity (Wildman–Crippen MR) is 75.0 cm³/mol. The van der Waals surface area contributed by atoms with Gasteiger partial charge in [-0.1, -0.05) is 0 Å². The zero-order valence-electron chi connectivity index (χ0n) is 12.2. The van der Waals surface area contributed by atoms with Crippen molar-refractivity contribution < 1.29 is 9.47 Å². The summed E-state index contributed by atoms with van der Waals surface area (Å²) in [5.74, 6) is 0. The van der Waals surface area contributed by atoms with Gasteiger partial charge < -0.3 is 14.4 Å². The smallest absolute Gasteiger partial charge is 0.0967 e. The first-order valence-electron chi connectivity index (χ1n) is 7.16. The molecule has 0 aliphatic heterocycles. The van der Waals surface area contributed by atoms with E-state index in [1.54, 1.807) is 14.2 Å². The molecule has 0 aromatic heterocycles. The maximum Gasteiger partial charge on any atom is 0.0967 e. The van der Waals surface area contributed by atoms with Crippen molar-refractivity contribution in [1.29, 1.82) is 5.26 Å². The number of methoxy groups -OCH3 is 2. The molecular formula is C14H27N3O2.